The van der Waals surface area contributed by atoms with Gasteiger partial charge in [0.25, 0.3) is 0 Å². The van der Waals surface area contributed by atoms with Crippen LogP contribution < -0.4 is 5.32 Å². The number of likely N-dealkylation sites (N-methyl/N-ethyl adjacent to an activating group) is 1. The Morgan fingerprint density at radius 3 is 2.60 bits per heavy atom. The molecule has 1 fully saturated rings. The van der Waals surface area contributed by atoms with E-state index in [1.807, 2.05) is 0 Å². The summed E-state index contributed by atoms with van der Waals surface area (Å²) in [6.07, 6.45) is 1.86. The highest BCUT2D eigenvalue weighted by Crippen LogP contribution is 2.13. The fraction of sp³-hybridized carbons (Fsp3) is 1.00. The van der Waals surface area contributed by atoms with Crippen molar-refractivity contribution in [1.82, 2.24) is 10.2 Å². The smallest absolute Gasteiger partial charge is 0.0897 e. The van der Waals surface area contributed by atoms with Crippen molar-refractivity contribution < 1.29 is 10.2 Å². The molecule has 1 aliphatic rings. The molecule has 1 aliphatic heterocycles. The van der Waals surface area contributed by atoms with E-state index in [2.05, 4.69) is 17.1 Å². The molecule has 1 rings (SSSR count). The van der Waals surface area contributed by atoms with Crippen LogP contribution in [0.3, 0.4) is 0 Å². The summed E-state index contributed by atoms with van der Waals surface area (Å²) in [6, 6.07) is 0. The Hall–Kier alpha value is -0.160. The second-order valence-electron chi connectivity index (χ2n) is 4.38. The molecule has 0 spiro atoms. The fourth-order valence-electron chi connectivity index (χ4n) is 2.12. The van der Waals surface area contributed by atoms with Gasteiger partial charge in [-0.2, -0.15) is 0 Å². The Labute approximate surface area is 92.3 Å². The minimum atomic E-state index is -0.591. The number of nitrogens with zero attached hydrogens (tertiary/aromatic N) is 1. The zero-order chi connectivity index (χ0) is 11.1. The van der Waals surface area contributed by atoms with E-state index >= 15 is 0 Å². The SMILES string of the molecule is CCN(CC(O)CO)CC1CCNCC1. The van der Waals surface area contributed by atoms with Crippen LogP contribution in [0.5, 0.6) is 0 Å². The van der Waals surface area contributed by atoms with Gasteiger partial charge < -0.3 is 20.4 Å². The number of hydrogen-bond donors (Lipinski definition) is 3. The van der Waals surface area contributed by atoms with E-state index < -0.39 is 6.10 Å². The molecule has 0 aromatic carbocycles. The number of piperidine rings is 1. The number of nitrogens with one attached hydrogen (secondary N) is 1. The van der Waals surface area contributed by atoms with E-state index in [4.69, 9.17) is 5.11 Å². The van der Waals surface area contributed by atoms with E-state index in [0.29, 0.717) is 6.54 Å². The monoisotopic (exact) mass is 216 g/mol. The topological polar surface area (TPSA) is 55.7 Å². The number of aliphatic hydroxyl groups excluding tert-OH is 2. The summed E-state index contributed by atoms with van der Waals surface area (Å²) in [5.74, 6) is 0.747. The van der Waals surface area contributed by atoms with Crippen molar-refractivity contribution in [2.75, 3.05) is 39.3 Å². The van der Waals surface area contributed by atoms with Gasteiger partial charge in [0.1, 0.15) is 0 Å². The first-order valence-corrected chi connectivity index (χ1v) is 5.98. The van der Waals surface area contributed by atoms with Gasteiger partial charge in [-0.1, -0.05) is 6.92 Å². The van der Waals surface area contributed by atoms with Gasteiger partial charge in [0, 0.05) is 13.1 Å². The van der Waals surface area contributed by atoms with Crippen molar-refractivity contribution in [3.8, 4) is 0 Å². The van der Waals surface area contributed by atoms with Crippen LogP contribution >= 0.6 is 0 Å². The molecular weight excluding hydrogens is 192 g/mol. The number of aliphatic hydroxyl groups is 2. The Morgan fingerprint density at radius 1 is 1.40 bits per heavy atom. The van der Waals surface area contributed by atoms with Crippen LogP contribution in [0.15, 0.2) is 0 Å². The average Bonchev–Trinajstić information content (AvgIpc) is 2.29. The predicted octanol–water partition coefficient (Wildman–Crippen LogP) is -0.339. The highest BCUT2D eigenvalue weighted by Gasteiger charge is 2.17. The molecule has 1 saturated heterocycles. The summed E-state index contributed by atoms with van der Waals surface area (Å²) >= 11 is 0. The molecule has 4 nitrogen and oxygen atoms in total. The molecule has 0 amide bonds. The molecule has 0 bridgehead atoms. The molecule has 15 heavy (non-hydrogen) atoms. The predicted molar refractivity (Wildman–Crippen MR) is 60.8 cm³/mol. The van der Waals surface area contributed by atoms with Gasteiger partial charge in [0.15, 0.2) is 0 Å². The van der Waals surface area contributed by atoms with E-state index in [0.717, 1.165) is 32.1 Å². The lowest BCUT2D eigenvalue weighted by molar-refractivity contribution is 0.0541. The first-order valence-electron chi connectivity index (χ1n) is 5.98. The fourth-order valence-corrected chi connectivity index (χ4v) is 2.12. The van der Waals surface area contributed by atoms with Gasteiger partial charge in [0.05, 0.1) is 12.7 Å². The molecule has 0 radical (unpaired) electrons. The normalized spacial score (nSPS) is 20.8. The van der Waals surface area contributed by atoms with E-state index in [1.54, 1.807) is 0 Å². The Balaban J connectivity index is 2.25. The van der Waals surface area contributed by atoms with Crippen molar-refractivity contribution in [2.45, 2.75) is 25.9 Å². The maximum Gasteiger partial charge on any atom is 0.0897 e. The van der Waals surface area contributed by atoms with E-state index in [-0.39, 0.29) is 6.61 Å². The van der Waals surface area contributed by atoms with Crippen LogP contribution in [0.2, 0.25) is 0 Å². The molecule has 0 aromatic heterocycles. The maximum atomic E-state index is 9.38. The highest BCUT2D eigenvalue weighted by molar-refractivity contribution is 4.73. The first-order chi connectivity index (χ1) is 7.26. The third-order valence-corrected chi connectivity index (χ3v) is 3.10. The van der Waals surface area contributed by atoms with Crippen LogP contribution in [0.1, 0.15) is 19.8 Å². The molecule has 3 N–H and O–H groups in total. The summed E-state index contributed by atoms with van der Waals surface area (Å²) < 4.78 is 0. The van der Waals surface area contributed by atoms with Crippen molar-refractivity contribution in [3.63, 3.8) is 0 Å². The van der Waals surface area contributed by atoms with Crippen molar-refractivity contribution in [2.24, 2.45) is 5.92 Å². The molecular formula is C11H24N2O2. The lowest BCUT2D eigenvalue weighted by Crippen LogP contribution is -2.40. The number of rotatable bonds is 6. The minimum absolute atomic E-state index is 0.136. The maximum absolute atomic E-state index is 9.38. The highest BCUT2D eigenvalue weighted by atomic mass is 16.3. The molecule has 0 saturated carbocycles. The zero-order valence-corrected chi connectivity index (χ0v) is 9.65. The standard InChI is InChI=1S/C11H24N2O2/c1-2-13(8-11(15)9-14)7-10-3-5-12-6-4-10/h10-12,14-15H,2-9H2,1H3. The molecule has 0 aliphatic carbocycles. The summed E-state index contributed by atoms with van der Waals surface area (Å²) in [6.45, 7) is 6.79. The quantitative estimate of drug-likeness (QED) is 0.569. The van der Waals surface area contributed by atoms with Crippen LogP contribution in [-0.2, 0) is 0 Å². The average molecular weight is 216 g/mol. The summed E-state index contributed by atoms with van der Waals surface area (Å²) in [4.78, 5) is 2.23. The summed E-state index contributed by atoms with van der Waals surface area (Å²) in [5, 5.41) is 21.5. The lowest BCUT2D eigenvalue weighted by Gasteiger charge is -2.30. The second-order valence-corrected chi connectivity index (χ2v) is 4.38. The van der Waals surface area contributed by atoms with E-state index in [9.17, 15) is 5.11 Å². The van der Waals surface area contributed by atoms with Crippen molar-refractivity contribution in [1.29, 1.82) is 0 Å². The largest absolute Gasteiger partial charge is 0.394 e. The second kappa shape index (κ2) is 7.17. The Kier molecular flexibility index (Phi) is 6.17. The van der Waals surface area contributed by atoms with Gasteiger partial charge in [-0.05, 0) is 38.4 Å². The van der Waals surface area contributed by atoms with Crippen LogP contribution in [0.25, 0.3) is 0 Å². The van der Waals surface area contributed by atoms with Gasteiger partial charge in [-0.15, -0.1) is 0 Å². The van der Waals surface area contributed by atoms with Gasteiger partial charge in [-0.3, -0.25) is 0 Å². The molecule has 1 heterocycles. The third-order valence-electron chi connectivity index (χ3n) is 3.10. The van der Waals surface area contributed by atoms with Gasteiger partial charge >= 0.3 is 0 Å². The molecule has 1 unspecified atom stereocenters. The van der Waals surface area contributed by atoms with Crippen LogP contribution in [0.4, 0.5) is 0 Å². The summed E-state index contributed by atoms with van der Waals surface area (Å²) in [5.41, 5.74) is 0. The minimum Gasteiger partial charge on any atom is -0.394 e. The Bertz CT molecular complexity index is 161. The third kappa shape index (κ3) is 4.93. The van der Waals surface area contributed by atoms with Gasteiger partial charge in [0.2, 0.25) is 0 Å². The molecule has 0 aromatic rings. The summed E-state index contributed by atoms with van der Waals surface area (Å²) in [7, 11) is 0. The zero-order valence-electron chi connectivity index (χ0n) is 9.65. The van der Waals surface area contributed by atoms with Crippen LogP contribution in [-0.4, -0.2) is 60.5 Å². The molecule has 90 valence electrons. The van der Waals surface area contributed by atoms with Crippen molar-refractivity contribution >= 4 is 0 Å². The van der Waals surface area contributed by atoms with Crippen molar-refractivity contribution in [3.05, 3.63) is 0 Å². The van der Waals surface area contributed by atoms with Crippen LogP contribution in [0, 0.1) is 5.92 Å². The van der Waals surface area contributed by atoms with Gasteiger partial charge in [-0.25, -0.2) is 0 Å². The Morgan fingerprint density at radius 2 is 2.07 bits per heavy atom. The molecule has 1 atom stereocenters. The lowest BCUT2D eigenvalue weighted by atomic mass is 9.97. The van der Waals surface area contributed by atoms with E-state index in [1.165, 1.54) is 12.8 Å². The molecule has 4 heteroatoms. The number of hydrogen-bond acceptors (Lipinski definition) is 4. The first kappa shape index (κ1) is 12.9.